The maximum absolute atomic E-state index is 11.8. The molecule has 0 radical (unpaired) electrons. The fourth-order valence-corrected chi connectivity index (χ4v) is 1.86. The minimum atomic E-state index is -0.0497. The molecule has 0 heterocycles. The number of rotatable bonds is 12. The van der Waals surface area contributed by atoms with Crippen molar-refractivity contribution in [3.63, 3.8) is 0 Å². The molecule has 0 aromatic carbocycles. The highest BCUT2D eigenvalue weighted by atomic mass is 16.3. The standard InChI is InChI=1S/C15H29NO3/c1-2-3-4-5-6-7-8-9-10-15(19)16(11-13-17)12-14-18/h5-6,17-18H,2-4,7-14H2,1H3/b6-5+. The molecule has 0 aromatic heterocycles. The summed E-state index contributed by atoms with van der Waals surface area (Å²) in [5.74, 6) is 0.0260. The third kappa shape index (κ3) is 10.7. The zero-order valence-electron chi connectivity index (χ0n) is 12.2. The topological polar surface area (TPSA) is 60.8 Å². The van der Waals surface area contributed by atoms with Crippen molar-refractivity contribution in [3.8, 4) is 0 Å². The summed E-state index contributed by atoms with van der Waals surface area (Å²) in [6, 6.07) is 0. The monoisotopic (exact) mass is 271 g/mol. The van der Waals surface area contributed by atoms with Gasteiger partial charge in [0.1, 0.15) is 0 Å². The number of hydrogen-bond acceptors (Lipinski definition) is 3. The van der Waals surface area contributed by atoms with Crippen LogP contribution in [0.2, 0.25) is 0 Å². The molecule has 2 N–H and O–H groups in total. The molecule has 112 valence electrons. The summed E-state index contributed by atoms with van der Waals surface area (Å²) < 4.78 is 0. The molecule has 0 aliphatic heterocycles. The summed E-state index contributed by atoms with van der Waals surface area (Å²) in [6.45, 7) is 2.72. The van der Waals surface area contributed by atoms with E-state index in [9.17, 15) is 4.79 Å². The Hall–Kier alpha value is -0.870. The van der Waals surface area contributed by atoms with E-state index in [2.05, 4.69) is 19.1 Å². The highest BCUT2D eigenvalue weighted by molar-refractivity contribution is 5.76. The molecule has 0 saturated heterocycles. The Morgan fingerprint density at radius 1 is 1.00 bits per heavy atom. The number of aliphatic hydroxyl groups is 2. The van der Waals surface area contributed by atoms with E-state index in [0.717, 1.165) is 25.7 Å². The first-order valence-corrected chi connectivity index (χ1v) is 7.40. The Labute approximate surface area is 117 Å². The maximum Gasteiger partial charge on any atom is 0.222 e. The van der Waals surface area contributed by atoms with E-state index in [-0.39, 0.29) is 19.1 Å². The van der Waals surface area contributed by atoms with Crippen molar-refractivity contribution >= 4 is 5.91 Å². The van der Waals surface area contributed by atoms with Crippen molar-refractivity contribution in [1.29, 1.82) is 0 Å². The predicted molar refractivity (Wildman–Crippen MR) is 77.9 cm³/mol. The fourth-order valence-electron chi connectivity index (χ4n) is 1.86. The van der Waals surface area contributed by atoms with Gasteiger partial charge < -0.3 is 15.1 Å². The number of unbranched alkanes of at least 4 members (excludes halogenated alkanes) is 4. The highest BCUT2D eigenvalue weighted by Gasteiger charge is 2.11. The summed E-state index contributed by atoms with van der Waals surface area (Å²) in [4.78, 5) is 13.3. The van der Waals surface area contributed by atoms with Crippen molar-refractivity contribution in [2.75, 3.05) is 26.3 Å². The second kappa shape index (κ2) is 13.6. The molecule has 4 nitrogen and oxygen atoms in total. The third-order valence-corrected chi connectivity index (χ3v) is 2.99. The number of nitrogens with zero attached hydrogens (tertiary/aromatic N) is 1. The van der Waals surface area contributed by atoms with Crippen molar-refractivity contribution in [2.45, 2.75) is 51.9 Å². The van der Waals surface area contributed by atoms with E-state index >= 15 is 0 Å². The van der Waals surface area contributed by atoms with Crippen LogP contribution in [0.15, 0.2) is 12.2 Å². The van der Waals surface area contributed by atoms with E-state index in [0.29, 0.717) is 19.5 Å². The van der Waals surface area contributed by atoms with E-state index in [4.69, 9.17) is 10.2 Å². The molecule has 0 spiro atoms. The number of carbonyl (C=O) groups excluding carboxylic acids is 1. The number of aliphatic hydroxyl groups excluding tert-OH is 2. The van der Waals surface area contributed by atoms with Crippen LogP contribution >= 0.6 is 0 Å². The largest absolute Gasteiger partial charge is 0.395 e. The molecule has 0 aliphatic rings. The van der Waals surface area contributed by atoms with Gasteiger partial charge in [0.25, 0.3) is 0 Å². The van der Waals surface area contributed by atoms with Crippen LogP contribution in [0, 0.1) is 0 Å². The molecule has 0 rings (SSSR count). The van der Waals surface area contributed by atoms with E-state index in [1.807, 2.05) is 0 Å². The third-order valence-electron chi connectivity index (χ3n) is 2.99. The minimum absolute atomic E-state index is 0.0260. The first kappa shape index (κ1) is 18.1. The summed E-state index contributed by atoms with van der Waals surface area (Å²) in [6.07, 6.45) is 11.4. The van der Waals surface area contributed by atoms with Crippen molar-refractivity contribution in [1.82, 2.24) is 4.90 Å². The lowest BCUT2D eigenvalue weighted by Gasteiger charge is -2.20. The van der Waals surface area contributed by atoms with Crippen LogP contribution in [0.3, 0.4) is 0 Å². The van der Waals surface area contributed by atoms with Gasteiger partial charge in [-0.2, -0.15) is 0 Å². The molecule has 0 atom stereocenters. The van der Waals surface area contributed by atoms with Crippen LogP contribution in [0.1, 0.15) is 51.9 Å². The van der Waals surface area contributed by atoms with E-state index < -0.39 is 0 Å². The van der Waals surface area contributed by atoms with Crippen LogP contribution in [0.25, 0.3) is 0 Å². The predicted octanol–water partition coefficient (Wildman–Crippen LogP) is 2.11. The second-order valence-corrected chi connectivity index (χ2v) is 4.69. The molecule has 0 fully saturated rings. The van der Waals surface area contributed by atoms with Gasteiger partial charge in [0.15, 0.2) is 0 Å². The van der Waals surface area contributed by atoms with Gasteiger partial charge in [-0.1, -0.05) is 31.9 Å². The Morgan fingerprint density at radius 3 is 2.11 bits per heavy atom. The first-order chi connectivity index (χ1) is 9.26. The van der Waals surface area contributed by atoms with Crippen LogP contribution in [0.4, 0.5) is 0 Å². The van der Waals surface area contributed by atoms with E-state index in [1.54, 1.807) is 0 Å². The number of allylic oxidation sites excluding steroid dienone is 2. The lowest BCUT2D eigenvalue weighted by Crippen LogP contribution is -2.35. The van der Waals surface area contributed by atoms with Crippen molar-refractivity contribution in [3.05, 3.63) is 12.2 Å². The van der Waals surface area contributed by atoms with Crippen molar-refractivity contribution in [2.24, 2.45) is 0 Å². The Balaban J connectivity index is 3.63. The average Bonchev–Trinajstić information content (AvgIpc) is 2.41. The molecule has 4 heteroatoms. The van der Waals surface area contributed by atoms with E-state index in [1.165, 1.54) is 17.7 Å². The number of amides is 1. The lowest BCUT2D eigenvalue weighted by molar-refractivity contribution is -0.132. The van der Waals surface area contributed by atoms with Gasteiger partial charge in [-0.15, -0.1) is 0 Å². The molecule has 0 unspecified atom stereocenters. The molecular weight excluding hydrogens is 242 g/mol. The second-order valence-electron chi connectivity index (χ2n) is 4.69. The molecule has 0 saturated carbocycles. The zero-order valence-corrected chi connectivity index (χ0v) is 12.2. The zero-order chi connectivity index (χ0) is 14.3. The summed E-state index contributed by atoms with van der Waals surface area (Å²) in [7, 11) is 0. The molecule has 0 aromatic rings. The van der Waals surface area contributed by atoms with Crippen LogP contribution < -0.4 is 0 Å². The SMILES string of the molecule is CCCC/C=C/CCCCC(=O)N(CCO)CCO. The van der Waals surface area contributed by atoms with Crippen LogP contribution in [0.5, 0.6) is 0 Å². The van der Waals surface area contributed by atoms with Crippen molar-refractivity contribution < 1.29 is 15.0 Å². The first-order valence-electron chi connectivity index (χ1n) is 7.40. The highest BCUT2D eigenvalue weighted by Crippen LogP contribution is 2.05. The maximum atomic E-state index is 11.8. The van der Waals surface area contributed by atoms with Gasteiger partial charge in [0.05, 0.1) is 13.2 Å². The van der Waals surface area contributed by atoms with Crippen LogP contribution in [-0.4, -0.2) is 47.3 Å². The smallest absolute Gasteiger partial charge is 0.222 e. The fraction of sp³-hybridized carbons (Fsp3) is 0.800. The Bertz CT molecular complexity index is 236. The normalized spacial score (nSPS) is 11.1. The van der Waals surface area contributed by atoms with Gasteiger partial charge in [0.2, 0.25) is 5.91 Å². The van der Waals surface area contributed by atoms with Gasteiger partial charge >= 0.3 is 0 Å². The summed E-state index contributed by atoms with van der Waals surface area (Å²) in [5.41, 5.74) is 0. The average molecular weight is 271 g/mol. The lowest BCUT2D eigenvalue weighted by atomic mass is 10.1. The molecule has 1 amide bonds. The Kier molecular flexibility index (Phi) is 12.9. The molecular formula is C15H29NO3. The summed E-state index contributed by atoms with van der Waals surface area (Å²) >= 11 is 0. The van der Waals surface area contributed by atoms with Gasteiger partial charge in [-0.25, -0.2) is 0 Å². The van der Waals surface area contributed by atoms with Gasteiger partial charge in [-0.05, 0) is 25.7 Å². The summed E-state index contributed by atoms with van der Waals surface area (Å²) in [5, 5.41) is 17.7. The van der Waals surface area contributed by atoms with Crippen LogP contribution in [-0.2, 0) is 4.79 Å². The molecule has 0 aliphatic carbocycles. The van der Waals surface area contributed by atoms with Gasteiger partial charge in [0, 0.05) is 19.5 Å². The quantitative estimate of drug-likeness (QED) is 0.422. The van der Waals surface area contributed by atoms with Gasteiger partial charge in [-0.3, -0.25) is 4.79 Å². The number of carbonyl (C=O) groups is 1. The Morgan fingerprint density at radius 2 is 1.58 bits per heavy atom. The number of hydrogen-bond donors (Lipinski definition) is 2. The minimum Gasteiger partial charge on any atom is -0.395 e. The molecule has 0 bridgehead atoms. The molecule has 19 heavy (non-hydrogen) atoms.